The van der Waals surface area contributed by atoms with E-state index in [0.717, 1.165) is 35.7 Å². The molecule has 0 bridgehead atoms. The van der Waals surface area contributed by atoms with Crippen molar-refractivity contribution >= 4 is 0 Å². The van der Waals surface area contributed by atoms with Crippen LogP contribution in [0.1, 0.15) is 23.0 Å². The molecule has 2 aromatic rings. The molecule has 2 N–H and O–H groups in total. The predicted molar refractivity (Wildman–Crippen MR) is 78.2 cm³/mol. The quantitative estimate of drug-likeness (QED) is 0.896. The van der Waals surface area contributed by atoms with E-state index in [9.17, 15) is 0 Å². The van der Waals surface area contributed by atoms with E-state index < -0.39 is 0 Å². The molecule has 6 heteroatoms. The van der Waals surface area contributed by atoms with Gasteiger partial charge in [-0.15, -0.1) is 0 Å². The van der Waals surface area contributed by atoms with Gasteiger partial charge in [0.1, 0.15) is 5.75 Å². The molecule has 1 aromatic carbocycles. The van der Waals surface area contributed by atoms with Gasteiger partial charge >= 0.3 is 0 Å². The highest BCUT2D eigenvalue weighted by Crippen LogP contribution is 2.40. The lowest BCUT2D eigenvalue weighted by Crippen LogP contribution is -2.31. The molecule has 0 amide bonds. The average Bonchev–Trinajstić information content (AvgIpc) is 3.02. The Morgan fingerprint density at radius 2 is 1.76 bits per heavy atom. The minimum absolute atomic E-state index is 0.0187. The highest BCUT2D eigenvalue weighted by molar-refractivity contribution is 5.53. The molecular weight excluding hydrogens is 270 g/mol. The van der Waals surface area contributed by atoms with Gasteiger partial charge < -0.3 is 24.5 Å². The Bertz CT molecular complexity index is 639. The van der Waals surface area contributed by atoms with E-state index in [0.29, 0.717) is 11.5 Å². The molecule has 1 aliphatic rings. The summed E-state index contributed by atoms with van der Waals surface area (Å²) in [7, 11) is 4.89. The summed E-state index contributed by atoms with van der Waals surface area (Å²) in [6.07, 6.45) is 2.68. The lowest BCUT2D eigenvalue weighted by molar-refractivity contribution is 0.345. The van der Waals surface area contributed by atoms with Crippen LogP contribution >= 0.6 is 0 Å². The fourth-order valence-electron chi connectivity index (χ4n) is 2.75. The largest absolute Gasteiger partial charge is 0.496 e. The number of H-pyrrole nitrogens is 1. The van der Waals surface area contributed by atoms with Gasteiger partial charge in [-0.1, -0.05) is 0 Å². The molecule has 2 heterocycles. The Hall–Kier alpha value is -2.21. The van der Waals surface area contributed by atoms with Gasteiger partial charge in [-0.05, 0) is 6.07 Å². The van der Waals surface area contributed by atoms with Crippen molar-refractivity contribution in [1.82, 2.24) is 15.3 Å². The van der Waals surface area contributed by atoms with Gasteiger partial charge in [0, 0.05) is 30.3 Å². The van der Waals surface area contributed by atoms with E-state index in [1.54, 1.807) is 27.7 Å². The zero-order valence-corrected chi connectivity index (χ0v) is 12.4. The Kier molecular flexibility index (Phi) is 3.70. The first kappa shape index (κ1) is 13.8. The summed E-state index contributed by atoms with van der Waals surface area (Å²) in [5, 5.41) is 3.48. The Morgan fingerprint density at radius 3 is 2.48 bits per heavy atom. The van der Waals surface area contributed by atoms with Gasteiger partial charge in [-0.2, -0.15) is 0 Å². The zero-order chi connectivity index (χ0) is 14.8. The topological polar surface area (TPSA) is 68.4 Å². The third-order valence-electron chi connectivity index (χ3n) is 3.80. The van der Waals surface area contributed by atoms with E-state index in [1.165, 1.54) is 0 Å². The lowest BCUT2D eigenvalue weighted by Gasteiger charge is -2.25. The maximum Gasteiger partial charge on any atom is 0.164 e. The second-order valence-electron chi connectivity index (χ2n) is 4.85. The first-order valence-corrected chi connectivity index (χ1v) is 6.84. The van der Waals surface area contributed by atoms with Crippen LogP contribution in [0.5, 0.6) is 17.2 Å². The fraction of sp³-hybridized carbons (Fsp3) is 0.400. The standard InChI is InChI=1S/C15H19N3O3/c1-19-11-7-13(21-3)12(20-2)6-9(11)14-15-10(4-5-16-14)17-8-18-15/h6-8,14,16H,4-5H2,1-3H3,(H,17,18). The Labute approximate surface area is 123 Å². The van der Waals surface area contributed by atoms with E-state index in [1.807, 2.05) is 12.1 Å². The van der Waals surface area contributed by atoms with E-state index in [4.69, 9.17) is 14.2 Å². The summed E-state index contributed by atoms with van der Waals surface area (Å²) in [6, 6.07) is 3.77. The monoisotopic (exact) mass is 289 g/mol. The number of aromatic nitrogens is 2. The molecule has 6 nitrogen and oxygen atoms in total. The third-order valence-corrected chi connectivity index (χ3v) is 3.80. The molecule has 1 aliphatic heterocycles. The summed E-state index contributed by atoms with van der Waals surface area (Å²) in [5.41, 5.74) is 3.16. The molecule has 1 unspecified atom stereocenters. The summed E-state index contributed by atoms with van der Waals surface area (Å²) < 4.78 is 16.2. The molecule has 0 radical (unpaired) electrons. The van der Waals surface area contributed by atoms with Gasteiger partial charge in [0.2, 0.25) is 0 Å². The number of nitrogens with one attached hydrogen (secondary N) is 2. The van der Waals surface area contributed by atoms with Crippen LogP contribution < -0.4 is 19.5 Å². The molecule has 0 aliphatic carbocycles. The van der Waals surface area contributed by atoms with Crippen LogP contribution in [0.2, 0.25) is 0 Å². The number of nitrogens with zero attached hydrogens (tertiary/aromatic N) is 1. The molecule has 0 spiro atoms. The highest BCUT2D eigenvalue weighted by Gasteiger charge is 2.27. The second-order valence-corrected chi connectivity index (χ2v) is 4.85. The number of aromatic amines is 1. The molecule has 3 rings (SSSR count). The van der Waals surface area contributed by atoms with Crippen LogP contribution in [-0.2, 0) is 6.42 Å². The number of benzene rings is 1. The van der Waals surface area contributed by atoms with Crippen molar-refractivity contribution in [3.05, 3.63) is 35.4 Å². The lowest BCUT2D eigenvalue weighted by atomic mass is 9.96. The molecule has 1 aromatic heterocycles. The van der Waals surface area contributed by atoms with Gasteiger partial charge in [-0.3, -0.25) is 0 Å². The van der Waals surface area contributed by atoms with Crippen LogP contribution in [0.3, 0.4) is 0 Å². The molecule has 0 fully saturated rings. The fourth-order valence-corrected chi connectivity index (χ4v) is 2.75. The van der Waals surface area contributed by atoms with E-state index in [-0.39, 0.29) is 6.04 Å². The first-order valence-electron chi connectivity index (χ1n) is 6.84. The maximum atomic E-state index is 5.52. The number of fused-ring (bicyclic) bond motifs is 1. The summed E-state index contributed by atoms with van der Waals surface area (Å²) in [5.74, 6) is 2.08. The van der Waals surface area contributed by atoms with Crippen molar-refractivity contribution in [1.29, 1.82) is 0 Å². The van der Waals surface area contributed by atoms with Crippen molar-refractivity contribution in [2.24, 2.45) is 0 Å². The van der Waals surface area contributed by atoms with Gasteiger partial charge in [0.05, 0.1) is 39.4 Å². The van der Waals surface area contributed by atoms with Gasteiger partial charge in [-0.25, -0.2) is 4.98 Å². The SMILES string of the molecule is COc1cc(OC)c(C2NCCc3[nH]cnc32)cc1OC. The van der Waals surface area contributed by atoms with Crippen LogP contribution in [-0.4, -0.2) is 37.8 Å². The third kappa shape index (κ3) is 2.31. The number of imidazole rings is 1. The second kappa shape index (κ2) is 5.65. The van der Waals surface area contributed by atoms with Crippen LogP contribution in [0.25, 0.3) is 0 Å². The zero-order valence-electron chi connectivity index (χ0n) is 12.4. The Balaban J connectivity index is 2.10. The Morgan fingerprint density at radius 1 is 1.05 bits per heavy atom. The minimum atomic E-state index is -0.0187. The number of hydrogen-bond donors (Lipinski definition) is 2. The van der Waals surface area contributed by atoms with Gasteiger partial charge in [0.25, 0.3) is 0 Å². The van der Waals surface area contributed by atoms with E-state index >= 15 is 0 Å². The van der Waals surface area contributed by atoms with Crippen molar-refractivity contribution in [2.45, 2.75) is 12.5 Å². The molecule has 21 heavy (non-hydrogen) atoms. The first-order chi connectivity index (χ1) is 10.3. The van der Waals surface area contributed by atoms with E-state index in [2.05, 4.69) is 15.3 Å². The maximum absolute atomic E-state index is 5.52. The highest BCUT2D eigenvalue weighted by atomic mass is 16.5. The van der Waals surface area contributed by atoms with Crippen LogP contribution in [0.15, 0.2) is 18.5 Å². The minimum Gasteiger partial charge on any atom is -0.496 e. The summed E-state index contributed by atoms with van der Waals surface area (Å²) >= 11 is 0. The number of methoxy groups -OCH3 is 3. The normalized spacial score (nSPS) is 17.2. The van der Waals surface area contributed by atoms with Crippen LogP contribution in [0, 0.1) is 0 Å². The van der Waals surface area contributed by atoms with Crippen molar-refractivity contribution in [3.8, 4) is 17.2 Å². The van der Waals surface area contributed by atoms with Crippen molar-refractivity contribution < 1.29 is 14.2 Å². The molecular formula is C15H19N3O3. The average molecular weight is 289 g/mol. The predicted octanol–water partition coefficient (Wildman–Crippen LogP) is 1.67. The number of rotatable bonds is 4. The summed E-state index contributed by atoms with van der Waals surface area (Å²) in [6.45, 7) is 0.886. The molecule has 112 valence electrons. The smallest absolute Gasteiger partial charge is 0.164 e. The number of hydrogen-bond acceptors (Lipinski definition) is 5. The molecule has 1 atom stereocenters. The molecule has 0 saturated heterocycles. The number of ether oxygens (including phenoxy) is 3. The van der Waals surface area contributed by atoms with Crippen molar-refractivity contribution in [2.75, 3.05) is 27.9 Å². The van der Waals surface area contributed by atoms with Crippen molar-refractivity contribution in [3.63, 3.8) is 0 Å². The van der Waals surface area contributed by atoms with Crippen LogP contribution in [0.4, 0.5) is 0 Å². The van der Waals surface area contributed by atoms with Gasteiger partial charge in [0.15, 0.2) is 11.5 Å². The summed E-state index contributed by atoms with van der Waals surface area (Å²) in [4.78, 5) is 7.64. The molecule has 0 saturated carbocycles.